The van der Waals surface area contributed by atoms with Crippen LogP contribution in [0.3, 0.4) is 0 Å². The average molecular weight is 395 g/mol. The molecule has 1 aliphatic rings. The zero-order chi connectivity index (χ0) is 20.5. The molecule has 1 atom stereocenters. The topological polar surface area (TPSA) is 85.3 Å². The molecule has 152 valence electrons. The van der Waals surface area contributed by atoms with E-state index in [-0.39, 0.29) is 29.7 Å². The molecule has 0 unspecified atom stereocenters. The van der Waals surface area contributed by atoms with Gasteiger partial charge in [0.1, 0.15) is 5.75 Å². The van der Waals surface area contributed by atoms with Crippen LogP contribution in [0.25, 0.3) is 10.9 Å². The van der Waals surface area contributed by atoms with Crippen molar-refractivity contribution in [2.75, 3.05) is 13.7 Å². The van der Waals surface area contributed by atoms with Crippen LogP contribution in [0.2, 0.25) is 0 Å². The van der Waals surface area contributed by atoms with E-state index < -0.39 is 0 Å². The smallest absolute Gasteiger partial charge is 0.258 e. The monoisotopic (exact) mass is 395 g/mol. The number of aromatic nitrogens is 2. The number of methoxy groups -OCH3 is 1. The maximum atomic E-state index is 12.5. The van der Waals surface area contributed by atoms with Crippen molar-refractivity contribution < 1.29 is 14.3 Å². The number of ether oxygens (including phenoxy) is 2. The molecule has 0 bridgehead atoms. The minimum Gasteiger partial charge on any atom is -0.497 e. The number of rotatable bonds is 5. The Morgan fingerprint density at radius 2 is 2.17 bits per heavy atom. The molecule has 2 aromatic heterocycles. The summed E-state index contributed by atoms with van der Waals surface area (Å²) in [5.41, 5.74) is 3.91. The Labute approximate surface area is 168 Å². The molecule has 4 rings (SSSR count). The number of nitrogens with one attached hydrogen (secondary N) is 2. The van der Waals surface area contributed by atoms with Crippen molar-refractivity contribution in [3.05, 3.63) is 57.6 Å². The summed E-state index contributed by atoms with van der Waals surface area (Å²) in [4.78, 5) is 28.0. The van der Waals surface area contributed by atoms with Crippen LogP contribution in [0.5, 0.6) is 11.5 Å². The maximum Gasteiger partial charge on any atom is 0.258 e. The molecule has 2 N–H and O–H groups in total. The fourth-order valence-electron chi connectivity index (χ4n) is 3.90. The number of aryl methyl sites for hydroxylation is 3. The van der Waals surface area contributed by atoms with E-state index >= 15 is 0 Å². The summed E-state index contributed by atoms with van der Waals surface area (Å²) in [6.45, 7) is 1.65. The molecule has 0 aliphatic heterocycles. The lowest BCUT2D eigenvalue weighted by Crippen LogP contribution is -2.35. The molecular formula is C22H25N3O4. The largest absolute Gasteiger partial charge is 0.497 e. The van der Waals surface area contributed by atoms with Gasteiger partial charge in [0.15, 0.2) is 12.4 Å². The predicted molar refractivity (Wildman–Crippen MR) is 111 cm³/mol. The first-order chi connectivity index (χ1) is 14.0. The fourth-order valence-corrected chi connectivity index (χ4v) is 3.90. The number of H-pyrrole nitrogens is 1. The van der Waals surface area contributed by atoms with E-state index in [1.54, 1.807) is 17.9 Å². The number of pyridine rings is 1. The first-order valence-corrected chi connectivity index (χ1v) is 9.74. The second-order valence-corrected chi connectivity index (χ2v) is 7.48. The molecule has 7 nitrogen and oxygen atoms in total. The molecule has 1 aliphatic carbocycles. The van der Waals surface area contributed by atoms with Gasteiger partial charge >= 0.3 is 0 Å². The molecule has 0 spiro atoms. The van der Waals surface area contributed by atoms with Crippen LogP contribution >= 0.6 is 0 Å². The van der Waals surface area contributed by atoms with Crippen LogP contribution in [0, 0.1) is 6.92 Å². The van der Waals surface area contributed by atoms with Crippen molar-refractivity contribution in [3.8, 4) is 11.5 Å². The molecule has 0 fully saturated rings. The van der Waals surface area contributed by atoms with Gasteiger partial charge in [-0.25, -0.2) is 0 Å². The van der Waals surface area contributed by atoms with Gasteiger partial charge in [-0.2, -0.15) is 0 Å². The van der Waals surface area contributed by atoms with Gasteiger partial charge in [0.05, 0.1) is 13.2 Å². The van der Waals surface area contributed by atoms with Gasteiger partial charge in [-0.1, -0.05) is 0 Å². The molecule has 1 aromatic carbocycles. The highest BCUT2D eigenvalue weighted by Crippen LogP contribution is 2.36. The zero-order valence-electron chi connectivity index (χ0n) is 16.9. The maximum absolute atomic E-state index is 12.5. The van der Waals surface area contributed by atoms with Crippen molar-refractivity contribution >= 4 is 16.8 Å². The summed E-state index contributed by atoms with van der Waals surface area (Å²) in [6.07, 6.45) is 4.41. The van der Waals surface area contributed by atoms with E-state index in [1.165, 1.54) is 11.6 Å². The molecule has 0 radical (unpaired) electrons. The van der Waals surface area contributed by atoms with Crippen molar-refractivity contribution in [2.24, 2.45) is 7.05 Å². The number of fused-ring (bicyclic) bond motifs is 3. The molecule has 2 heterocycles. The highest BCUT2D eigenvalue weighted by Gasteiger charge is 2.26. The zero-order valence-corrected chi connectivity index (χ0v) is 16.9. The summed E-state index contributed by atoms with van der Waals surface area (Å²) < 4.78 is 12.6. The van der Waals surface area contributed by atoms with Gasteiger partial charge in [-0.05, 0) is 49.9 Å². The van der Waals surface area contributed by atoms with Crippen molar-refractivity contribution in [3.63, 3.8) is 0 Å². The number of aromatic amines is 1. The third-order valence-corrected chi connectivity index (χ3v) is 5.56. The van der Waals surface area contributed by atoms with Crippen molar-refractivity contribution in [2.45, 2.75) is 32.2 Å². The number of carbonyl (C=O) groups excluding carboxylic acids is 1. The van der Waals surface area contributed by atoms with E-state index in [0.717, 1.165) is 47.3 Å². The Balaban J connectivity index is 1.49. The third-order valence-electron chi connectivity index (χ3n) is 5.56. The van der Waals surface area contributed by atoms with Crippen LogP contribution in [0.1, 0.15) is 35.8 Å². The van der Waals surface area contributed by atoms with E-state index in [4.69, 9.17) is 9.47 Å². The Hall–Kier alpha value is -3.22. The summed E-state index contributed by atoms with van der Waals surface area (Å²) in [5, 5.41) is 4.18. The molecule has 3 aromatic rings. The fraction of sp³-hybridized carbons (Fsp3) is 0.364. The molecule has 7 heteroatoms. The molecule has 0 saturated carbocycles. The highest BCUT2D eigenvalue weighted by molar-refractivity contribution is 5.87. The Morgan fingerprint density at radius 3 is 2.97 bits per heavy atom. The summed E-state index contributed by atoms with van der Waals surface area (Å²) in [7, 11) is 3.49. The quantitative estimate of drug-likeness (QED) is 0.696. The van der Waals surface area contributed by atoms with Crippen LogP contribution < -0.4 is 20.2 Å². The van der Waals surface area contributed by atoms with Gasteiger partial charge in [0.25, 0.3) is 5.91 Å². The molecule has 29 heavy (non-hydrogen) atoms. The first-order valence-electron chi connectivity index (χ1n) is 9.74. The second kappa shape index (κ2) is 7.66. The summed E-state index contributed by atoms with van der Waals surface area (Å²) in [5.74, 6) is 0.746. The van der Waals surface area contributed by atoms with Crippen LogP contribution in [0.15, 0.2) is 35.3 Å². The van der Waals surface area contributed by atoms with E-state index in [9.17, 15) is 9.59 Å². The predicted octanol–water partition coefficient (Wildman–Crippen LogP) is 2.76. The number of hydrogen-bond donors (Lipinski definition) is 2. The van der Waals surface area contributed by atoms with Gasteiger partial charge in [0, 0.05) is 41.6 Å². The second-order valence-electron chi connectivity index (χ2n) is 7.48. The Bertz CT molecular complexity index is 1130. The minimum absolute atomic E-state index is 0.103. The number of amides is 1. The summed E-state index contributed by atoms with van der Waals surface area (Å²) >= 11 is 0. The lowest BCUT2D eigenvalue weighted by Gasteiger charge is -2.24. The van der Waals surface area contributed by atoms with Gasteiger partial charge in [0.2, 0.25) is 5.43 Å². The minimum atomic E-state index is -0.248. The Kier molecular flexibility index (Phi) is 5.05. The van der Waals surface area contributed by atoms with Gasteiger partial charge < -0.3 is 24.3 Å². The van der Waals surface area contributed by atoms with Crippen LogP contribution in [-0.2, 0) is 18.3 Å². The lowest BCUT2D eigenvalue weighted by atomic mass is 9.91. The highest BCUT2D eigenvalue weighted by atomic mass is 16.5. The average Bonchev–Trinajstić information content (AvgIpc) is 3.08. The number of carbonyl (C=O) groups is 1. The molecule has 1 amide bonds. The van der Waals surface area contributed by atoms with E-state index in [2.05, 4.69) is 10.3 Å². The number of hydrogen-bond acceptors (Lipinski definition) is 4. The molecular weight excluding hydrogens is 370 g/mol. The van der Waals surface area contributed by atoms with Gasteiger partial charge in [-0.15, -0.1) is 0 Å². The van der Waals surface area contributed by atoms with Crippen molar-refractivity contribution in [1.82, 2.24) is 14.9 Å². The Morgan fingerprint density at radius 1 is 1.34 bits per heavy atom. The SMILES string of the molecule is COc1ccc2[nH]c3c(c2c1)CCC[C@@H]3NC(=O)COc1cn(C)c(C)cc1=O. The summed E-state index contributed by atoms with van der Waals surface area (Å²) in [6, 6.07) is 7.36. The third kappa shape index (κ3) is 3.72. The van der Waals surface area contributed by atoms with Crippen LogP contribution in [-0.4, -0.2) is 29.2 Å². The standard InChI is InChI=1S/C22H25N3O4/c1-13-9-19(26)20(11-25(13)2)29-12-21(27)23-18-6-4-5-15-16-10-14(28-3)7-8-17(16)24-22(15)18/h7-11,18,24H,4-6,12H2,1-3H3,(H,23,27)/t18-/m0/s1. The number of benzene rings is 1. The van der Waals surface area contributed by atoms with Crippen LogP contribution in [0.4, 0.5) is 0 Å². The normalized spacial score (nSPS) is 15.8. The van der Waals surface area contributed by atoms with E-state index in [1.807, 2.05) is 32.2 Å². The van der Waals surface area contributed by atoms with Gasteiger partial charge in [-0.3, -0.25) is 9.59 Å². The number of nitrogens with zero attached hydrogens (tertiary/aromatic N) is 1. The van der Waals surface area contributed by atoms with Crippen molar-refractivity contribution in [1.29, 1.82) is 0 Å². The van der Waals surface area contributed by atoms with E-state index in [0.29, 0.717) is 0 Å². The first kappa shape index (κ1) is 19.1. The lowest BCUT2D eigenvalue weighted by molar-refractivity contribution is -0.124. The molecule has 0 saturated heterocycles.